The molecule has 0 saturated carbocycles. The van der Waals surface area contributed by atoms with Crippen LogP contribution in [0.1, 0.15) is 43.9 Å². The van der Waals surface area contributed by atoms with Crippen molar-refractivity contribution in [1.29, 1.82) is 0 Å². The van der Waals surface area contributed by atoms with Crippen LogP contribution in [0.15, 0.2) is 41.2 Å². The first kappa shape index (κ1) is 24.5. The van der Waals surface area contributed by atoms with Gasteiger partial charge in [-0.3, -0.25) is 19.2 Å². The number of rotatable bonds is 6. The van der Waals surface area contributed by atoms with Crippen molar-refractivity contribution in [1.82, 2.24) is 24.9 Å². The number of fused-ring (bicyclic) bond motifs is 2. The van der Waals surface area contributed by atoms with E-state index in [9.17, 15) is 19.8 Å². The van der Waals surface area contributed by atoms with Gasteiger partial charge in [0.05, 0.1) is 35.5 Å². The minimum atomic E-state index is -0.526. The Balaban J connectivity index is 1.27. The number of nitrogens with zero attached hydrogens (tertiary/aromatic N) is 4. The van der Waals surface area contributed by atoms with Gasteiger partial charge in [-0.25, -0.2) is 5.10 Å². The van der Waals surface area contributed by atoms with Crippen LogP contribution >= 0.6 is 11.3 Å². The van der Waals surface area contributed by atoms with Gasteiger partial charge in [0.25, 0.3) is 11.5 Å². The molecule has 196 valence electrons. The van der Waals surface area contributed by atoms with E-state index in [-0.39, 0.29) is 18.2 Å². The fraction of sp³-hybridized carbons (Fsp3) is 0.308. The molecule has 11 nitrogen and oxygen atoms in total. The number of anilines is 3. The Bertz CT molecular complexity index is 1590. The molecule has 5 N–H and O–H groups in total. The number of aryl methyl sites for hydroxylation is 1. The number of aromatic amines is 1. The number of hydrogen-bond acceptors (Lipinski definition) is 9. The van der Waals surface area contributed by atoms with Crippen LogP contribution in [0, 0.1) is 0 Å². The molecule has 2 aliphatic rings. The zero-order valence-corrected chi connectivity index (χ0v) is 21.5. The van der Waals surface area contributed by atoms with E-state index in [0.29, 0.717) is 39.6 Å². The van der Waals surface area contributed by atoms with Crippen molar-refractivity contribution >= 4 is 34.4 Å². The number of aromatic nitrogens is 4. The highest BCUT2D eigenvalue weighted by Gasteiger charge is 2.26. The summed E-state index contributed by atoms with van der Waals surface area (Å²) in [6.07, 6.45) is 0.921. The number of hydrogen-bond donors (Lipinski definition) is 5. The van der Waals surface area contributed by atoms with E-state index >= 15 is 0 Å². The Labute approximate surface area is 221 Å². The summed E-state index contributed by atoms with van der Waals surface area (Å²) >= 11 is 1.38. The predicted octanol–water partition coefficient (Wildman–Crippen LogP) is 2.61. The topological polar surface area (TPSA) is 148 Å². The van der Waals surface area contributed by atoms with Gasteiger partial charge in [0.15, 0.2) is 5.82 Å². The van der Waals surface area contributed by atoms with Gasteiger partial charge in [0.2, 0.25) is 0 Å². The summed E-state index contributed by atoms with van der Waals surface area (Å²) < 4.78 is 1.93. The third kappa shape index (κ3) is 4.52. The lowest BCUT2D eigenvalue weighted by Crippen LogP contribution is -2.30. The van der Waals surface area contributed by atoms with Crippen molar-refractivity contribution in [2.45, 2.75) is 38.6 Å². The van der Waals surface area contributed by atoms with E-state index in [2.05, 4.69) is 37.9 Å². The molecule has 4 heterocycles. The molecule has 1 amide bonds. The fourth-order valence-corrected chi connectivity index (χ4v) is 6.11. The molecule has 0 bridgehead atoms. The van der Waals surface area contributed by atoms with Crippen molar-refractivity contribution in [2.24, 2.45) is 0 Å². The van der Waals surface area contributed by atoms with E-state index in [0.717, 1.165) is 42.2 Å². The lowest BCUT2D eigenvalue weighted by Gasteiger charge is -2.22. The van der Waals surface area contributed by atoms with Crippen molar-refractivity contribution in [3.8, 4) is 11.3 Å². The Morgan fingerprint density at radius 2 is 2.11 bits per heavy atom. The zero-order valence-electron chi connectivity index (χ0n) is 20.7. The van der Waals surface area contributed by atoms with Gasteiger partial charge in [-0.2, -0.15) is 10.2 Å². The third-order valence-corrected chi connectivity index (χ3v) is 8.19. The smallest absolute Gasteiger partial charge is 0.287 e. The SMILES string of the molecule is CN1CCn2nc(Nc3cc(-c4cccc(NC(=O)c5cc6c(s5)CCC6O)c4CO)n[nH]c3=O)cc2C1. The highest BCUT2D eigenvalue weighted by atomic mass is 32.1. The number of nitrogens with one attached hydrogen (secondary N) is 3. The van der Waals surface area contributed by atoms with E-state index in [1.807, 2.05) is 10.7 Å². The second-order valence-corrected chi connectivity index (χ2v) is 10.7. The maximum absolute atomic E-state index is 13.0. The lowest BCUT2D eigenvalue weighted by atomic mass is 10.0. The quantitative estimate of drug-likeness (QED) is 0.254. The molecule has 12 heteroatoms. The molecule has 1 aromatic carbocycles. The first-order valence-electron chi connectivity index (χ1n) is 12.4. The third-order valence-electron chi connectivity index (χ3n) is 6.98. The molecule has 1 aliphatic heterocycles. The van der Waals surface area contributed by atoms with Gasteiger partial charge in [-0.15, -0.1) is 11.3 Å². The molecule has 1 unspecified atom stereocenters. The molecule has 6 rings (SSSR count). The number of carbonyl (C=O) groups excluding carboxylic acids is 1. The molecule has 4 aromatic rings. The summed E-state index contributed by atoms with van der Waals surface area (Å²) in [6.45, 7) is 2.11. The predicted molar refractivity (Wildman–Crippen MR) is 144 cm³/mol. The average molecular weight is 534 g/mol. The Hall–Kier alpha value is -3.84. The average Bonchev–Trinajstić information content (AvgIpc) is 3.60. The van der Waals surface area contributed by atoms with Crippen LogP contribution in [0.3, 0.4) is 0 Å². The minimum absolute atomic E-state index is 0.267. The summed E-state index contributed by atoms with van der Waals surface area (Å²) in [5.41, 5.74) is 3.65. The summed E-state index contributed by atoms with van der Waals surface area (Å²) in [5, 5.41) is 37.6. The Morgan fingerprint density at radius 1 is 1.24 bits per heavy atom. The number of likely N-dealkylation sites (N-methyl/N-ethyl adjacent to an activating group) is 1. The number of H-pyrrole nitrogens is 1. The Kier molecular flexibility index (Phi) is 6.32. The maximum Gasteiger partial charge on any atom is 0.287 e. The molecular weight excluding hydrogens is 506 g/mol. The molecule has 1 aliphatic carbocycles. The highest BCUT2D eigenvalue weighted by Crippen LogP contribution is 2.38. The largest absolute Gasteiger partial charge is 0.392 e. The van der Waals surface area contributed by atoms with E-state index < -0.39 is 11.7 Å². The molecule has 0 spiro atoms. The monoisotopic (exact) mass is 533 g/mol. The van der Waals surface area contributed by atoms with Crippen molar-refractivity contribution in [3.63, 3.8) is 0 Å². The highest BCUT2D eigenvalue weighted by molar-refractivity contribution is 7.14. The second kappa shape index (κ2) is 9.80. The number of thiophene rings is 1. The molecule has 1 atom stereocenters. The molecular formula is C26H27N7O4S. The second-order valence-electron chi connectivity index (χ2n) is 9.59. The van der Waals surface area contributed by atoms with Gasteiger partial charge < -0.3 is 20.8 Å². The molecule has 0 radical (unpaired) electrons. The van der Waals surface area contributed by atoms with Crippen molar-refractivity contribution < 1.29 is 15.0 Å². The van der Waals surface area contributed by atoms with Crippen molar-refractivity contribution in [2.75, 3.05) is 24.2 Å². The fourth-order valence-electron chi connectivity index (χ4n) is 4.99. The molecule has 38 heavy (non-hydrogen) atoms. The molecule has 3 aromatic heterocycles. The van der Waals surface area contributed by atoms with Crippen LogP contribution < -0.4 is 16.2 Å². The maximum atomic E-state index is 13.0. The van der Waals surface area contributed by atoms with Crippen LogP contribution in [0.5, 0.6) is 0 Å². The molecule has 0 saturated heterocycles. The first-order chi connectivity index (χ1) is 18.4. The van der Waals surface area contributed by atoms with Crippen LogP contribution in [0.4, 0.5) is 17.2 Å². The van der Waals surface area contributed by atoms with Gasteiger partial charge in [-0.1, -0.05) is 12.1 Å². The van der Waals surface area contributed by atoms with Crippen LogP contribution in [0.2, 0.25) is 0 Å². The number of carbonyl (C=O) groups is 1. The van der Waals surface area contributed by atoms with E-state index in [1.54, 1.807) is 30.3 Å². The first-order valence-corrected chi connectivity index (χ1v) is 13.2. The number of aliphatic hydroxyl groups is 2. The van der Waals surface area contributed by atoms with Gasteiger partial charge in [-0.05, 0) is 43.7 Å². The lowest BCUT2D eigenvalue weighted by molar-refractivity contribution is 0.103. The Morgan fingerprint density at radius 3 is 2.92 bits per heavy atom. The number of benzene rings is 1. The van der Waals surface area contributed by atoms with E-state index in [1.165, 1.54) is 11.3 Å². The molecule has 0 fully saturated rings. The number of aliphatic hydroxyl groups excluding tert-OH is 2. The van der Waals surface area contributed by atoms with Crippen LogP contribution in [0.25, 0.3) is 11.3 Å². The van der Waals surface area contributed by atoms with Crippen LogP contribution in [-0.2, 0) is 26.1 Å². The van der Waals surface area contributed by atoms with Gasteiger partial charge in [0, 0.05) is 40.8 Å². The van der Waals surface area contributed by atoms with Crippen molar-refractivity contribution in [3.05, 3.63) is 73.3 Å². The normalized spacial score (nSPS) is 16.8. The van der Waals surface area contributed by atoms with Crippen LogP contribution in [-0.4, -0.2) is 54.6 Å². The van der Waals surface area contributed by atoms with Gasteiger partial charge in [0.1, 0.15) is 5.69 Å². The van der Waals surface area contributed by atoms with E-state index in [4.69, 9.17) is 0 Å². The summed E-state index contributed by atoms with van der Waals surface area (Å²) in [6, 6.07) is 10.5. The zero-order chi connectivity index (χ0) is 26.4. The standard InChI is InChI=1S/C26H27N7O4S/c1-32-7-8-33-14(12-32)9-24(31-33)27-20-11-19(29-30-25(20)36)15-3-2-4-18(17(15)13-34)28-26(37)23-10-16-21(35)5-6-22(16)38-23/h2-4,9-11,21,34-35H,5-8,12-13H2,1H3,(H,28,37)(H,30,36)(H,27,29,31). The summed E-state index contributed by atoms with van der Waals surface area (Å²) in [7, 11) is 2.05. The minimum Gasteiger partial charge on any atom is -0.392 e. The van der Waals surface area contributed by atoms with Gasteiger partial charge >= 0.3 is 0 Å². The summed E-state index contributed by atoms with van der Waals surface area (Å²) in [5.74, 6) is 0.254. The number of amides is 1. The summed E-state index contributed by atoms with van der Waals surface area (Å²) in [4.78, 5) is 29.3.